The highest BCUT2D eigenvalue weighted by atomic mass is 127. The number of nitrogens with one attached hydrogen (secondary N) is 1. The molecule has 1 N–H and O–H groups in total. The van der Waals surface area contributed by atoms with E-state index in [0.717, 1.165) is 47.0 Å². The molecule has 0 spiro atoms. The summed E-state index contributed by atoms with van der Waals surface area (Å²) in [7, 11) is 3.56. The molecule has 1 unspecified atom stereocenters. The number of halogens is 1. The van der Waals surface area contributed by atoms with Gasteiger partial charge in [-0.1, -0.05) is 0 Å². The monoisotopic (exact) mass is 363 g/mol. The van der Waals surface area contributed by atoms with Crippen LogP contribution in [0.4, 0.5) is 5.82 Å². The van der Waals surface area contributed by atoms with Gasteiger partial charge in [0.05, 0.1) is 15.9 Å². The number of ether oxygens (including phenoxy) is 2. The van der Waals surface area contributed by atoms with Gasteiger partial charge < -0.3 is 14.8 Å². The molecule has 100 valence electrons. The van der Waals surface area contributed by atoms with Crippen LogP contribution in [-0.4, -0.2) is 37.3 Å². The van der Waals surface area contributed by atoms with E-state index in [4.69, 9.17) is 9.47 Å². The maximum Gasteiger partial charge on any atom is 0.143 e. The molecule has 0 saturated carbocycles. The van der Waals surface area contributed by atoms with E-state index in [2.05, 4.69) is 37.9 Å². The first kappa shape index (κ1) is 14.0. The molecule has 0 aromatic carbocycles. The molecule has 2 heterocycles. The molecule has 5 nitrogen and oxygen atoms in total. The van der Waals surface area contributed by atoms with Gasteiger partial charge in [-0.3, -0.25) is 0 Å². The third-order valence-corrected chi connectivity index (χ3v) is 4.11. The zero-order chi connectivity index (χ0) is 13.0. The van der Waals surface area contributed by atoms with Crippen molar-refractivity contribution >= 4 is 28.4 Å². The second-order valence-electron chi connectivity index (χ2n) is 4.37. The van der Waals surface area contributed by atoms with Gasteiger partial charge >= 0.3 is 0 Å². The van der Waals surface area contributed by atoms with Crippen molar-refractivity contribution in [2.75, 3.05) is 32.7 Å². The van der Waals surface area contributed by atoms with Gasteiger partial charge in [0.2, 0.25) is 0 Å². The topological polar surface area (TPSA) is 56.3 Å². The summed E-state index contributed by atoms with van der Waals surface area (Å²) in [6.07, 6.45) is 1.98. The van der Waals surface area contributed by atoms with Gasteiger partial charge in [-0.2, -0.15) is 0 Å². The summed E-state index contributed by atoms with van der Waals surface area (Å²) in [5, 5.41) is 3.11. The average Bonchev–Trinajstić information content (AvgIpc) is 2.86. The molecule has 2 rings (SSSR count). The second-order valence-corrected chi connectivity index (χ2v) is 5.44. The van der Waals surface area contributed by atoms with Gasteiger partial charge in [0, 0.05) is 33.8 Å². The average molecular weight is 363 g/mol. The summed E-state index contributed by atoms with van der Waals surface area (Å²) < 4.78 is 11.6. The van der Waals surface area contributed by atoms with E-state index < -0.39 is 0 Å². The van der Waals surface area contributed by atoms with Crippen molar-refractivity contribution in [1.29, 1.82) is 0 Å². The molecule has 0 aliphatic carbocycles. The SMILES string of the molecule is CNc1nc(CC2CCOC2)nc(COC)c1I. The van der Waals surface area contributed by atoms with Crippen LogP contribution in [-0.2, 0) is 22.5 Å². The van der Waals surface area contributed by atoms with Gasteiger partial charge in [-0.05, 0) is 34.9 Å². The van der Waals surface area contributed by atoms with E-state index in [1.165, 1.54) is 0 Å². The Morgan fingerprint density at radius 1 is 1.50 bits per heavy atom. The molecular weight excluding hydrogens is 345 g/mol. The molecule has 1 saturated heterocycles. The summed E-state index contributed by atoms with van der Waals surface area (Å²) in [6.45, 7) is 2.20. The first-order valence-corrected chi connectivity index (χ1v) is 7.12. The van der Waals surface area contributed by atoms with Crippen molar-refractivity contribution in [2.24, 2.45) is 5.92 Å². The smallest absolute Gasteiger partial charge is 0.143 e. The van der Waals surface area contributed by atoms with Gasteiger partial charge in [-0.15, -0.1) is 0 Å². The molecule has 18 heavy (non-hydrogen) atoms. The second kappa shape index (κ2) is 6.63. The molecule has 1 fully saturated rings. The van der Waals surface area contributed by atoms with Crippen molar-refractivity contribution in [3.05, 3.63) is 15.1 Å². The Balaban J connectivity index is 2.20. The van der Waals surface area contributed by atoms with Gasteiger partial charge in [0.15, 0.2) is 0 Å². The molecule has 0 amide bonds. The predicted octanol–water partition coefficient (Wildman–Crippen LogP) is 1.85. The fraction of sp³-hybridized carbons (Fsp3) is 0.667. The summed E-state index contributed by atoms with van der Waals surface area (Å²) in [5.41, 5.74) is 0.950. The molecule has 1 aromatic rings. The lowest BCUT2D eigenvalue weighted by molar-refractivity contribution is 0.179. The molecular formula is C12H18IN3O2. The zero-order valence-corrected chi connectivity index (χ0v) is 12.9. The summed E-state index contributed by atoms with van der Waals surface area (Å²) in [5.74, 6) is 2.30. The van der Waals surface area contributed by atoms with E-state index in [-0.39, 0.29) is 0 Å². The predicted molar refractivity (Wildman–Crippen MR) is 77.6 cm³/mol. The molecule has 1 atom stereocenters. The standard InChI is InChI=1S/C12H18IN3O2/c1-14-12-11(13)9(7-17-2)15-10(16-12)5-8-3-4-18-6-8/h8H,3-7H2,1-2H3,(H,14,15,16). The molecule has 6 heteroatoms. The van der Waals surface area contributed by atoms with Crippen molar-refractivity contribution < 1.29 is 9.47 Å². The minimum Gasteiger partial charge on any atom is -0.381 e. The number of aromatic nitrogens is 2. The van der Waals surface area contributed by atoms with Crippen molar-refractivity contribution in [1.82, 2.24) is 9.97 Å². The van der Waals surface area contributed by atoms with Crippen LogP contribution < -0.4 is 5.32 Å². The van der Waals surface area contributed by atoms with Crippen LogP contribution >= 0.6 is 22.6 Å². The Kier molecular flexibility index (Phi) is 5.13. The lowest BCUT2D eigenvalue weighted by Crippen LogP contribution is -2.12. The maximum atomic E-state index is 5.39. The quantitative estimate of drug-likeness (QED) is 0.810. The molecule has 1 aliphatic rings. The number of methoxy groups -OCH3 is 1. The number of anilines is 1. The number of hydrogen-bond donors (Lipinski definition) is 1. The zero-order valence-electron chi connectivity index (χ0n) is 10.7. The molecule has 1 aromatic heterocycles. The largest absolute Gasteiger partial charge is 0.381 e. The Morgan fingerprint density at radius 3 is 2.94 bits per heavy atom. The fourth-order valence-corrected chi connectivity index (χ4v) is 2.70. The van der Waals surface area contributed by atoms with Crippen LogP contribution in [0, 0.1) is 9.49 Å². The summed E-state index contributed by atoms with van der Waals surface area (Å²) >= 11 is 2.25. The van der Waals surface area contributed by atoms with Crippen molar-refractivity contribution in [3.63, 3.8) is 0 Å². The third-order valence-electron chi connectivity index (χ3n) is 2.98. The Hall–Kier alpha value is -0.470. The van der Waals surface area contributed by atoms with Crippen LogP contribution in [0.5, 0.6) is 0 Å². The first-order chi connectivity index (χ1) is 8.74. The van der Waals surface area contributed by atoms with Crippen LogP contribution in [0.15, 0.2) is 0 Å². The summed E-state index contributed by atoms with van der Waals surface area (Å²) in [4.78, 5) is 9.15. The third kappa shape index (κ3) is 3.30. The summed E-state index contributed by atoms with van der Waals surface area (Å²) in [6, 6.07) is 0. The maximum absolute atomic E-state index is 5.39. The number of rotatable bonds is 5. The minimum absolute atomic E-state index is 0.518. The molecule has 0 bridgehead atoms. The van der Waals surface area contributed by atoms with Crippen molar-refractivity contribution in [3.8, 4) is 0 Å². The van der Waals surface area contributed by atoms with E-state index in [9.17, 15) is 0 Å². The minimum atomic E-state index is 0.518. The van der Waals surface area contributed by atoms with Gasteiger partial charge in [0.25, 0.3) is 0 Å². The Bertz CT molecular complexity index is 409. The van der Waals surface area contributed by atoms with E-state index >= 15 is 0 Å². The highest BCUT2D eigenvalue weighted by Gasteiger charge is 2.19. The Labute approximate surface area is 121 Å². The van der Waals surface area contributed by atoms with Crippen LogP contribution in [0.25, 0.3) is 0 Å². The molecule has 0 radical (unpaired) electrons. The number of hydrogen-bond acceptors (Lipinski definition) is 5. The van der Waals surface area contributed by atoms with Crippen LogP contribution in [0.3, 0.4) is 0 Å². The lowest BCUT2D eigenvalue weighted by atomic mass is 10.0. The van der Waals surface area contributed by atoms with Crippen LogP contribution in [0.2, 0.25) is 0 Å². The Morgan fingerprint density at radius 2 is 2.33 bits per heavy atom. The van der Waals surface area contributed by atoms with Crippen LogP contribution in [0.1, 0.15) is 17.9 Å². The highest BCUT2D eigenvalue weighted by molar-refractivity contribution is 14.1. The lowest BCUT2D eigenvalue weighted by Gasteiger charge is -2.12. The first-order valence-electron chi connectivity index (χ1n) is 6.04. The number of nitrogens with zero attached hydrogens (tertiary/aromatic N) is 2. The normalized spacial score (nSPS) is 19.2. The van der Waals surface area contributed by atoms with E-state index in [1.807, 2.05) is 7.05 Å². The van der Waals surface area contributed by atoms with E-state index in [1.54, 1.807) is 7.11 Å². The molecule has 1 aliphatic heterocycles. The van der Waals surface area contributed by atoms with Gasteiger partial charge in [-0.25, -0.2) is 9.97 Å². The van der Waals surface area contributed by atoms with Gasteiger partial charge in [0.1, 0.15) is 11.6 Å². The highest BCUT2D eigenvalue weighted by Crippen LogP contribution is 2.22. The fourth-order valence-electron chi connectivity index (χ4n) is 2.04. The van der Waals surface area contributed by atoms with E-state index in [0.29, 0.717) is 12.5 Å². The van der Waals surface area contributed by atoms with Crippen molar-refractivity contribution in [2.45, 2.75) is 19.4 Å².